The largest absolute Gasteiger partial charge is 0.508 e. The van der Waals surface area contributed by atoms with E-state index in [0.29, 0.717) is 69.0 Å². The average molecular weight is 1930 g/mol. The van der Waals surface area contributed by atoms with Gasteiger partial charge in [0.2, 0.25) is 88.6 Å². The van der Waals surface area contributed by atoms with E-state index in [9.17, 15) is 48.8 Å². The lowest BCUT2D eigenvalue weighted by Gasteiger charge is -2.39. The van der Waals surface area contributed by atoms with Crippen molar-refractivity contribution in [3.05, 3.63) is 203 Å². The van der Waals surface area contributed by atoms with E-state index in [1.807, 2.05) is 0 Å². The monoisotopic (exact) mass is 1930 g/mol. The van der Waals surface area contributed by atoms with Gasteiger partial charge >= 0.3 is 5.97 Å². The molecule has 17 N–H and O–H groups in total. The number of phenolic OH excluding ortho intramolecular Hbond substituents is 2. The number of para-hydroxylation sites is 1. The Hall–Kier alpha value is -14.0. The van der Waals surface area contributed by atoms with Gasteiger partial charge in [-0.3, -0.25) is 76.7 Å². The fourth-order valence-electron chi connectivity index (χ4n) is 16.9. The SMILES string of the molecule is CCCC[C@H]1C(=O)N2C[C@H](O)C[C@@H]2C(=O)N[C@@H](CC(=O)O)C(=O)N[C@@H](C(C)C)C(=O)N(C)[C@@H](Cc2ccccc2)C(=O)N[C@@H](Cc2ccc(O)cc2)C(=O)N2CCNC[C@@H]2C(=O)N[C@H](Cc2c[nH]c3ccccc23)C(=O)N[C@@H](Cc2ccc(O)cc2)C(=O)N[C@@H](CC(C)C)C(=O)N[C@H](C(=O)NCC(N)=O)CSCC(=O)N[C@@H](Cc2cc(F)c(F)c(F)c2)C(=O)N(C)[C@@H](Cc2ccccc2)C(=O)N1C. The molecule has 3 fully saturated rings. The molecule has 0 saturated carbocycles. The Bertz CT molecular complexity index is 5510. The Morgan fingerprint density at radius 1 is 0.522 bits per heavy atom. The van der Waals surface area contributed by atoms with Gasteiger partial charge in [0.15, 0.2) is 17.5 Å². The number of primary amides is 1. The Balaban J connectivity index is 1.07. The summed E-state index contributed by atoms with van der Waals surface area (Å²) >= 11 is 0.660. The Labute approximate surface area is 799 Å². The number of hydrogen-bond donors (Lipinski definition) is 16. The molecule has 7 aromatic rings. The number of amides is 15. The number of H-pyrrole nitrogens is 1. The highest BCUT2D eigenvalue weighted by atomic mass is 32.2. The number of aromatic amines is 1. The van der Waals surface area contributed by atoms with E-state index >= 15 is 61.5 Å². The Morgan fingerprint density at radius 2 is 1.03 bits per heavy atom. The van der Waals surface area contributed by atoms with Crippen LogP contribution in [0, 0.1) is 29.3 Å². The number of nitrogens with one attached hydrogen (secondary N) is 11. The minimum Gasteiger partial charge on any atom is -0.508 e. The van der Waals surface area contributed by atoms with Crippen LogP contribution in [-0.4, -0.2) is 295 Å². The van der Waals surface area contributed by atoms with Crippen molar-refractivity contribution < 1.29 is 110 Å². The van der Waals surface area contributed by atoms with Crippen LogP contribution in [0.15, 0.2) is 152 Å². The number of benzene rings is 6. The lowest BCUT2D eigenvalue weighted by molar-refractivity contribution is -0.152. The van der Waals surface area contributed by atoms with E-state index in [1.54, 1.807) is 112 Å². The van der Waals surface area contributed by atoms with Gasteiger partial charge in [0.05, 0.1) is 24.8 Å². The molecule has 3 saturated heterocycles. The molecule has 0 aliphatic carbocycles. The zero-order valence-corrected chi connectivity index (χ0v) is 78.6. The number of likely N-dealkylation sites (N-methyl/N-ethyl adjacent to an activating group) is 3. The molecule has 10 rings (SSSR count). The molecule has 0 bridgehead atoms. The highest BCUT2D eigenvalue weighted by Crippen LogP contribution is 2.29. The first kappa shape index (κ1) is 106. The number of carboxylic acids is 1. The number of aliphatic carboxylic acids is 1. The zero-order valence-electron chi connectivity index (χ0n) is 77.8. The molecular weight excluding hydrogens is 1810 g/mol. The molecule has 4 heterocycles. The number of aliphatic hydroxyl groups is 1. The molecule has 41 heteroatoms. The van der Waals surface area contributed by atoms with Crippen LogP contribution >= 0.6 is 11.8 Å². The molecule has 14 atom stereocenters. The van der Waals surface area contributed by atoms with Gasteiger partial charge < -0.3 is 109 Å². The van der Waals surface area contributed by atoms with Crippen molar-refractivity contribution in [2.45, 2.75) is 196 Å². The fraction of sp³-hybridized carbons (Fsp3) is 0.443. The third kappa shape index (κ3) is 29.1. The Kier molecular flexibility index (Phi) is 38.2. The fourth-order valence-corrected chi connectivity index (χ4v) is 17.8. The summed E-state index contributed by atoms with van der Waals surface area (Å²) in [6.07, 6.45) is -3.53. The van der Waals surface area contributed by atoms with Crippen molar-refractivity contribution in [3.8, 4) is 11.5 Å². The second-order valence-electron chi connectivity index (χ2n) is 35.6. The third-order valence-electron chi connectivity index (χ3n) is 24.4. The predicted molar refractivity (Wildman–Crippen MR) is 501 cm³/mol. The van der Waals surface area contributed by atoms with Gasteiger partial charge in [-0.25, -0.2) is 13.2 Å². The number of nitrogens with zero attached hydrogens (tertiary/aromatic N) is 5. The smallest absolute Gasteiger partial charge is 0.305 e. The summed E-state index contributed by atoms with van der Waals surface area (Å²) in [7, 11) is 3.66. The number of rotatable bonds is 23. The zero-order chi connectivity index (χ0) is 100. The van der Waals surface area contributed by atoms with Crippen LogP contribution in [0.3, 0.4) is 0 Å². The van der Waals surface area contributed by atoms with E-state index in [1.165, 1.54) is 88.4 Å². The van der Waals surface area contributed by atoms with Crippen molar-refractivity contribution in [2.24, 2.45) is 17.6 Å². The molecule has 3 aliphatic heterocycles. The summed E-state index contributed by atoms with van der Waals surface area (Å²) in [5.74, 6) is -25.0. The van der Waals surface area contributed by atoms with Crippen LogP contribution in [0.25, 0.3) is 10.9 Å². The molecule has 0 radical (unpaired) electrons. The molecule has 0 unspecified atom stereocenters. The molecule has 1 aromatic heterocycles. The van der Waals surface area contributed by atoms with Gasteiger partial charge in [-0.05, 0) is 101 Å². The lowest BCUT2D eigenvalue weighted by atomic mass is 9.98. The highest BCUT2D eigenvalue weighted by molar-refractivity contribution is 8.00. The molecule has 15 amide bonds. The van der Waals surface area contributed by atoms with Gasteiger partial charge in [-0.15, -0.1) is 11.8 Å². The highest BCUT2D eigenvalue weighted by Gasteiger charge is 2.48. The number of piperazine rings is 1. The lowest BCUT2D eigenvalue weighted by Crippen LogP contribution is -2.66. The molecule has 6 aromatic carbocycles. The van der Waals surface area contributed by atoms with E-state index in [-0.39, 0.29) is 88.1 Å². The maximum Gasteiger partial charge on any atom is 0.305 e. The van der Waals surface area contributed by atoms with Crippen LogP contribution in [0.5, 0.6) is 11.5 Å². The van der Waals surface area contributed by atoms with Gasteiger partial charge in [0, 0.05) is 115 Å². The van der Waals surface area contributed by atoms with Crippen LogP contribution in [0.4, 0.5) is 13.2 Å². The second kappa shape index (κ2) is 49.7. The first-order chi connectivity index (χ1) is 65.7. The topological polar surface area (TPSA) is 532 Å². The predicted octanol–water partition coefficient (Wildman–Crippen LogP) is 1.59. The van der Waals surface area contributed by atoms with Crippen LogP contribution in [0.2, 0.25) is 0 Å². The molecule has 740 valence electrons. The number of nitrogens with two attached hydrogens (primary N) is 1. The van der Waals surface area contributed by atoms with E-state index in [0.717, 1.165) is 19.6 Å². The number of aliphatic hydroxyl groups excluding tert-OH is 1. The number of carbonyl (C=O) groups excluding carboxylic acids is 15. The van der Waals surface area contributed by atoms with Gasteiger partial charge in [0.1, 0.15) is 90.0 Å². The number of aromatic nitrogens is 1. The van der Waals surface area contributed by atoms with Crippen molar-refractivity contribution in [3.63, 3.8) is 0 Å². The summed E-state index contributed by atoms with van der Waals surface area (Å²) in [5.41, 5.74) is 7.82. The maximum atomic E-state index is 15.9. The number of thioether (sulfide) groups is 1. The van der Waals surface area contributed by atoms with Crippen molar-refractivity contribution in [2.75, 3.05) is 65.4 Å². The number of fused-ring (bicyclic) bond motifs is 3. The van der Waals surface area contributed by atoms with E-state index in [2.05, 4.69) is 58.2 Å². The summed E-state index contributed by atoms with van der Waals surface area (Å²) in [6.45, 7) is 6.51. The molecular formula is C97H120F3N17O20S. The summed E-state index contributed by atoms with van der Waals surface area (Å²) in [4.78, 5) is 248. The first-order valence-corrected chi connectivity index (χ1v) is 46.7. The molecule has 37 nitrogen and oxygen atoms in total. The van der Waals surface area contributed by atoms with Gasteiger partial charge in [-0.2, -0.15) is 0 Å². The van der Waals surface area contributed by atoms with Crippen molar-refractivity contribution in [1.29, 1.82) is 0 Å². The minimum atomic E-state index is -2.04. The first-order valence-electron chi connectivity index (χ1n) is 45.6. The molecule has 3 aliphatic rings. The van der Waals surface area contributed by atoms with Crippen molar-refractivity contribution >= 4 is 117 Å². The summed E-state index contributed by atoms with van der Waals surface area (Å²) < 4.78 is 45.2. The Morgan fingerprint density at radius 3 is 1.62 bits per heavy atom. The van der Waals surface area contributed by atoms with Crippen molar-refractivity contribution in [1.82, 2.24) is 82.7 Å². The number of unbranched alkanes of at least 4 members (excludes halogenated alkanes) is 1. The number of carbonyl (C=O) groups is 16. The van der Waals surface area contributed by atoms with Gasteiger partial charge in [0.25, 0.3) is 0 Å². The number of carboxylic acid groups (broad SMARTS) is 1. The van der Waals surface area contributed by atoms with Crippen LogP contribution in [-0.2, 0) is 115 Å². The third-order valence-corrected chi connectivity index (χ3v) is 25.4. The second-order valence-corrected chi connectivity index (χ2v) is 36.6. The number of aromatic hydroxyl groups is 2. The quantitative estimate of drug-likeness (QED) is 0.0404. The van der Waals surface area contributed by atoms with E-state index < -0.39 is 252 Å². The van der Waals surface area contributed by atoms with E-state index in [4.69, 9.17) is 5.73 Å². The summed E-state index contributed by atoms with van der Waals surface area (Å²) in [5, 5.41) is 70.2. The van der Waals surface area contributed by atoms with Gasteiger partial charge in [-0.1, -0.05) is 151 Å². The number of hydrogen-bond acceptors (Lipinski definition) is 21. The van der Waals surface area contributed by atoms with Crippen LogP contribution in [0.1, 0.15) is 107 Å². The minimum absolute atomic E-state index is 0.0766. The molecule has 138 heavy (non-hydrogen) atoms. The number of halogens is 3. The molecule has 0 spiro atoms. The average Bonchev–Trinajstić information content (AvgIpc) is 1.73. The maximum absolute atomic E-state index is 15.9. The summed E-state index contributed by atoms with van der Waals surface area (Å²) in [6, 6.07) is 14.1. The normalized spacial score (nSPS) is 23.8. The number of phenols is 2. The van der Waals surface area contributed by atoms with Crippen LogP contribution < -0.4 is 58.9 Å². The standard InChI is InChI=1S/C97H120F3N17O20S/c1-9-10-25-75-96(136)117-50-63(120)45-77(117)91(131)109-71(46-82(123)124)89(129)112-84(54(4)5)97(137)114(7)76(42-55-19-13-11-14-20-55)90(130)110-73(40-58-28-32-62(119)33-29-58)94(134)116-35-34-102-48-79(116)92(132)108-70(44-60-47-103-67-24-18-17-23-64(60)67)88(128)107-69(39-57-26-30-61(118)31-27-57)87(127)106-68(36-53(2)3)86(126)111-74(85(125)104-49-80(101)121)51-138-52-81(122)105-72(41-59-37-65(98)83(100)66(99)38-59)93(133)115(8)78(95(135)113(75)6)43-56-21-15-12-16-22-56/h11-24,26-33,37-38,47,53-54,63,68-79,84,102-103,118-120H,9-10,25,34-36,39-46,48-52H2,1-8H3,(H2,101,121)(H,104,125)(H,105,122)(H,106,127)(H,107,128)(H,108,132)(H,109,131)(H,110,130)(H,111,126)(H,112,129)(H,123,124)/t63-,68+,69+,70-,71+,72+,73+,74+,75+,76+,77-,78+,79-,84+/m1/s1.